The van der Waals surface area contributed by atoms with Crippen LogP contribution in [0.5, 0.6) is 0 Å². The van der Waals surface area contributed by atoms with E-state index >= 15 is 0 Å². The second kappa shape index (κ2) is 11.1. The number of anilines is 2. The van der Waals surface area contributed by atoms with Crippen LogP contribution >= 0.6 is 0 Å². The van der Waals surface area contributed by atoms with Crippen LogP contribution in [0.2, 0.25) is 0 Å². The number of nitrogens with zero attached hydrogens (tertiary/aromatic N) is 7. The summed E-state index contributed by atoms with van der Waals surface area (Å²) in [5.74, 6) is 0.977. The van der Waals surface area contributed by atoms with Gasteiger partial charge in [-0.25, -0.2) is 19.2 Å². The van der Waals surface area contributed by atoms with Gasteiger partial charge in [-0.1, -0.05) is 24.3 Å². The first-order chi connectivity index (χ1) is 19.5. The van der Waals surface area contributed by atoms with Gasteiger partial charge in [-0.15, -0.1) is 0 Å². The number of rotatable bonds is 5. The van der Waals surface area contributed by atoms with E-state index in [0.29, 0.717) is 38.8 Å². The van der Waals surface area contributed by atoms with Gasteiger partial charge in [-0.2, -0.15) is 4.57 Å². The smallest absolute Gasteiger partial charge is 0.334 e. The molecule has 11 heteroatoms. The van der Waals surface area contributed by atoms with Crippen LogP contribution in [-0.4, -0.2) is 82.5 Å². The molecule has 2 fully saturated rings. The minimum absolute atomic E-state index is 0.0872. The van der Waals surface area contributed by atoms with Crippen LogP contribution in [0.3, 0.4) is 0 Å². The van der Waals surface area contributed by atoms with Crippen molar-refractivity contribution in [3.8, 4) is 0 Å². The van der Waals surface area contributed by atoms with E-state index in [1.807, 2.05) is 30.1 Å². The van der Waals surface area contributed by atoms with E-state index in [-0.39, 0.29) is 23.4 Å². The van der Waals surface area contributed by atoms with Crippen molar-refractivity contribution >= 4 is 29.0 Å². The van der Waals surface area contributed by atoms with Gasteiger partial charge >= 0.3 is 6.03 Å². The van der Waals surface area contributed by atoms with Gasteiger partial charge in [0.2, 0.25) is 11.9 Å². The molecule has 2 aromatic carbocycles. The van der Waals surface area contributed by atoms with Crippen molar-refractivity contribution in [2.24, 2.45) is 0 Å². The lowest BCUT2D eigenvalue weighted by atomic mass is 10.0. The Morgan fingerprint density at radius 1 is 1.02 bits per heavy atom. The van der Waals surface area contributed by atoms with Gasteiger partial charge in [0.05, 0.1) is 30.8 Å². The molecule has 4 heterocycles. The summed E-state index contributed by atoms with van der Waals surface area (Å²) >= 11 is 0. The lowest BCUT2D eigenvalue weighted by Crippen LogP contribution is -2.49. The van der Waals surface area contributed by atoms with Crippen LogP contribution in [0.15, 0.2) is 65.6 Å². The fourth-order valence-corrected chi connectivity index (χ4v) is 5.57. The number of fused-ring (bicyclic) bond motifs is 1. The standard InChI is InChI=1S/C29H32FN7O3/c1-33(27-31-13-10-26(38)37(27)29(39)35-16-18-40-19-17-35)23-11-14-34(15-12-23)28-32-24-4-2-3-5-25(24)36(28)20-21-6-8-22(30)9-7-21/h2-10,13,23H,11-12,14-20H2,1H3. The third-order valence-corrected chi connectivity index (χ3v) is 7.80. The first-order valence-corrected chi connectivity index (χ1v) is 13.6. The van der Waals surface area contributed by atoms with Gasteiger partial charge in [0.1, 0.15) is 5.82 Å². The quantitative estimate of drug-likeness (QED) is 0.381. The zero-order chi connectivity index (χ0) is 27.6. The molecular weight excluding hydrogens is 513 g/mol. The van der Waals surface area contributed by atoms with Crippen molar-refractivity contribution in [2.75, 3.05) is 56.2 Å². The molecule has 4 aromatic rings. The third kappa shape index (κ3) is 5.04. The highest BCUT2D eigenvalue weighted by atomic mass is 19.1. The van der Waals surface area contributed by atoms with E-state index in [9.17, 15) is 14.0 Å². The maximum Gasteiger partial charge on any atom is 0.334 e. The Balaban J connectivity index is 1.22. The first-order valence-electron chi connectivity index (χ1n) is 13.6. The fraction of sp³-hybridized carbons (Fsp3) is 0.379. The molecule has 40 heavy (non-hydrogen) atoms. The molecule has 0 saturated carbocycles. The zero-order valence-electron chi connectivity index (χ0n) is 22.4. The normalized spacial score (nSPS) is 16.4. The minimum atomic E-state index is -0.389. The molecule has 0 radical (unpaired) electrons. The second-order valence-electron chi connectivity index (χ2n) is 10.2. The lowest BCUT2D eigenvalue weighted by Gasteiger charge is -2.38. The maximum atomic E-state index is 13.5. The van der Waals surface area contributed by atoms with Crippen LogP contribution < -0.4 is 15.4 Å². The molecule has 1 amide bonds. The topological polar surface area (TPSA) is 88.7 Å². The Kier molecular flexibility index (Phi) is 7.21. The molecule has 0 unspecified atom stereocenters. The predicted molar refractivity (Wildman–Crippen MR) is 151 cm³/mol. The molecule has 2 aliphatic rings. The van der Waals surface area contributed by atoms with Gasteiger partial charge < -0.3 is 24.0 Å². The molecule has 10 nitrogen and oxygen atoms in total. The molecule has 2 saturated heterocycles. The number of para-hydroxylation sites is 2. The third-order valence-electron chi connectivity index (χ3n) is 7.80. The van der Waals surface area contributed by atoms with Crippen molar-refractivity contribution in [3.63, 3.8) is 0 Å². The largest absolute Gasteiger partial charge is 0.378 e. The number of piperidine rings is 1. The molecule has 6 rings (SSSR count). The molecule has 2 aliphatic heterocycles. The minimum Gasteiger partial charge on any atom is -0.378 e. The number of carbonyl (C=O) groups is 1. The van der Waals surface area contributed by atoms with E-state index in [4.69, 9.17) is 9.72 Å². The summed E-state index contributed by atoms with van der Waals surface area (Å²) in [6.45, 7) is 3.88. The van der Waals surface area contributed by atoms with Gasteiger partial charge in [0.25, 0.3) is 5.56 Å². The summed E-state index contributed by atoms with van der Waals surface area (Å²) in [4.78, 5) is 41.4. The van der Waals surface area contributed by atoms with Crippen LogP contribution in [0.4, 0.5) is 21.1 Å². The van der Waals surface area contributed by atoms with Gasteiger partial charge in [-0.3, -0.25) is 4.79 Å². The molecule has 2 aromatic heterocycles. The monoisotopic (exact) mass is 545 g/mol. The Bertz CT molecular complexity index is 1550. The van der Waals surface area contributed by atoms with Gasteiger partial charge in [-0.05, 0) is 42.7 Å². The van der Waals surface area contributed by atoms with Crippen LogP contribution in [0, 0.1) is 5.82 Å². The Morgan fingerprint density at radius 2 is 1.75 bits per heavy atom. The molecule has 0 N–H and O–H groups in total. The lowest BCUT2D eigenvalue weighted by molar-refractivity contribution is 0.0533. The second-order valence-corrected chi connectivity index (χ2v) is 10.2. The number of halogens is 1. The number of morpholine rings is 1. The molecule has 0 spiro atoms. The summed E-state index contributed by atoms with van der Waals surface area (Å²) in [6, 6.07) is 15.7. The number of hydrogen-bond acceptors (Lipinski definition) is 7. The number of aromatic nitrogens is 4. The highest BCUT2D eigenvalue weighted by molar-refractivity contribution is 5.80. The molecule has 0 atom stereocenters. The summed E-state index contributed by atoms with van der Waals surface area (Å²) in [5, 5.41) is 0. The summed E-state index contributed by atoms with van der Waals surface area (Å²) in [7, 11) is 1.90. The van der Waals surface area contributed by atoms with Crippen molar-refractivity contribution in [1.82, 2.24) is 24.0 Å². The number of amides is 1. The first kappa shape index (κ1) is 26.0. The average Bonchev–Trinajstić information content (AvgIpc) is 3.36. The van der Waals surface area contributed by atoms with Crippen molar-refractivity contribution in [2.45, 2.75) is 25.4 Å². The van der Waals surface area contributed by atoms with E-state index in [0.717, 1.165) is 48.5 Å². The number of carbonyl (C=O) groups excluding carboxylic acids is 1. The van der Waals surface area contributed by atoms with Crippen LogP contribution in [-0.2, 0) is 11.3 Å². The Labute approximate surface area is 231 Å². The zero-order valence-corrected chi connectivity index (χ0v) is 22.4. The molecular formula is C29H32FN7O3. The SMILES string of the molecule is CN(c1nccc(=O)n1C(=O)N1CCOCC1)C1CCN(c2nc3ccccc3n2Cc2ccc(F)cc2)CC1. The number of imidazole rings is 1. The van der Waals surface area contributed by atoms with E-state index in [2.05, 4.69) is 20.5 Å². The van der Waals surface area contributed by atoms with Crippen LogP contribution in [0.1, 0.15) is 18.4 Å². The summed E-state index contributed by atoms with van der Waals surface area (Å²) in [6.07, 6.45) is 3.06. The molecule has 0 aliphatic carbocycles. The molecule has 208 valence electrons. The fourth-order valence-electron chi connectivity index (χ4n) is 5.57. The Hall–Kier alpha value is -4.25. The number of ether oxygens (including phenoxy) is 1. The number of benzene rings is 2. The highest BCUT2D eigenvalue weighted by Crippen LogP contribution is 2.28. The maximum absolute atomic E-state index is 13.5. The summed E-state index contributed by atoms with van der Waals surface area (Å²) < 4.78 is 22.3. The molecule has 0 bridgehead atoms. The van der Waals surface area contributed by atoms with Gasteiger partial charge in [0.15, 0.2) is 0 Å². The van der Waals surface area contributed by atoms with E-state index in [1.165, 1.54) is 29.0 Å². The Morgan fingerprint density at radius 3 is 2.50 bits per heavy atom. The predicted octanol–water partition coefficient (Wildman–Crippen LogP) is 3.19. The van der Waals surface area contributed by atoms with E-state index in [1.54, 1.807) is 17.0 Å². The van der Waals surface area contributed by atoms with E-state index < -0.39 is 0 Å². The highest BCUT2D eigenvalue weighted by Gasteiger charge is 2.30. The summed E-state index contributed by atoms with van der Waals surface area (Å²) in [5.41, 5.74) is 2.55. The van der Waals surface area contributed by atoms with Gasteiger partial charge in [0, 0.05) is 51.5 Å². The van der Waals surface area contributed by atoms with Crippen LogP contribution in [0.25, 0.3) is 11.0 Å². The van der Waals surface area contributed by atoms with Crippen molar-refractivity contribution in [1.29, 1.82) is 0 Å². The van der Waals surface area contributed by atoms with Crippen molar-refractivity contribution < 1.29 is 13.9 Å². The average molecular weight is 546 g/mol. The van der Waals surface area contributed by atoms with Crippen molar-refractivity contribution in [3.05, 3.63) is 82.5 Å². The number of hydrogen-bond donors (Lipinski definition) is 0.